The lowest BCUT2D eigenvalue weighted by Gasteiger charge is -2.37. The fourth-order valence-electron chi connectivity index (χ4n) is 2.54. The van der Waals surface area contributed by atoms with Crippen molar-refractivity contribution >= 4 is 33.8 Å². The van der Waals surface area contributed by atoms with Crippen molar-refractivity contribution in [1.82, 2.24) is 5.32 Å². The number of amides is 1. The zero-order chi connectivity index (χ0) is 13.8. The Labute approximate surface area is 121 Å². The summed E-state index contributed by atoms with van der Waals surface area (Å²) in [7, 11) is 1.65. The number of aldehydes is 1. The van der Waals surface area contributed by atoms with Crippen molar-refractivity contribution in [1.29, 1.82) is 0 Å². The monoisotopic (exact) mass is 324 g/mol. The Balaban J connectivity index is 2.37. The van der Waals surface area contributed by atoms with Gasteiger partial charge in [-0.25, -0.2) is 0 Å². The summed E-state index contributed by atoms with van der Waals surface area (Å²) < 4.78 is 0.867. The number of anilines is 1. The van der Waals surface area contributed by atoms with Gasteiger partial charge in [-0.05, 0) is 37.5 Å². The first-order valence-electron chi connectivity index (χ1n) is 6.40. The van der Waals surface area contributed by atoms with Crippen LogP contribution in [0.2, 0.25) is 0 Å². The highest BCUT2D eigenvalue weighted by molar-refractivity contribution is 9.10. The predicted octanol–water partition coefficient (Wildman–Crippen LogP) is 2.37. The Morgan fingerprint density at radius 3 is 2.95 bits per heavy atom. The van der Waals surface area contributed by atoms with Gasteiger partial charge in [-0.2, -0.15) is 0 Å². The highest BCUT2D eigenvalue weighted by Gasteiger charge is 2.29. The molecule has 1 aliphatic rings. The number of piperidine rings is 1. The summed E-state index contributed by atoms with van der Waals surface area (Å²) in [6.07, 6.45) is 3.76. The maximum atomic E-state index is 12.0. The van der Waals surface area contributed by atoms with E-state index in [0.717, 1.165) is 42.3 Å². The Hall–Kier alpha value is -1.36. The molecule has 19 heavy (non-hydrogen) atoms. The van der Waals surface area contributed by atoms with Crippen LogP contribution >= 0.6 is 15.9 Å². The molecule has 1 N–H and O–H groups in total. The second-order valence-electron chi connectivity index (χ2n) is 4.64. The fourth-order valence-corrected chi connectivity index (χ4v) is 2.92. The first-order valence-corrected chi connectivity index (χ1v) is 7.19. The molecule has 0 radical (unpaired) electrons. The average Bonchev–Trinajstić information content (AvgIpc) is 2.46. The van der Waals surface area contributed by atoms with Crippen molar-refractivity contribution in [3.8, 4) is 0 Å². The van der Waals surface area contributed by atoms with Crippen LogP contribution in [0.4, 0.5) is 5.69 Å². The minimum Gasteiger partial charge on any atom is -0.359 e. The molecule has 1 saturated heterocycles. The van der Waals surface area contributed by atoms with Crippen LogP contribution in [-0.4, -0.2) is 31.8 Å². The molecule has 5 heteroatoms. The molecule has 1 aliphatic heterocycles. The van der Waals surface area contributed by atoms with Gasteiger partial charge in [0.25, 0.3) is 0 Å². The van der Waals surface area contributed by atoms with Crippen LogP contribution in [0.3, 0.4) is 0 Å². The molecule has 102 valence electrons. The molecule has 2 rings (SSSR count). The molecule has 1 fully saturated rings. The van der Waals surface area contributed by atoms with Gasteiger partial charge in [0.2, 0.25) is 5.91 Å². The second-order valence-corrected chi connectivity index (χ2v) is 5.56. The Morgan fingerprint density at radius 1 is 1.47 bits per heavy atom. The van der Waals surface area contributed by atoms with E-state index in [1.807, 2.05) is 17.0 Å². The number of rotatable bonds is 3. The van der Waals surface area contributed by atoms with Crippen molar-refractivity contribution in [3.05, 3.63) is 28.2 Å². The number of benzene rings is 1. The van der Waals surface area contributed by atoms with Gasteiger partial charge < -0.3 is 10.2 Å². The van der Waals surface area contributed by atoms with Gasteiger partial charge in [0.15, 0.2) is 6.29 Å². The SMILES string of the molecule is CNC(=O)C1CCCCN1c1ccc(Br)cc1C=O. The first-order chi connectivity index (χ1) is 9.17. The number of nitrogens with one attached hydrogen (secondary N) is 1. The average molecular weight is 325 g/mol. The summed E-state index contributed by atoms with van der Waals surface area (Å²) in [5.41, 5.74) is 1.46. The third-order valence-electron chi connectivity index (χ3n) is 3.48. The normalized spacial score (nSPS) is 19.1. The molecular weight excluding hydrogens is 308 g/mol. The Kier molecular flexibility index (Phi) is 4.58. The molecule has 0 aliphatic carbocycles. The molecule has 1 aromatic carbocycles. The lowest BCUT2D eigenvalue weighted by molar-refractivity contribution is -0.122. The van der Waals surface area contributed by atoms with Crippen molar-refractivity contribution < 1.29 is 9.59 Å². The van der Waals surface area contributed by atoms with Gasteiger partial charge in [0.05, 0.1) is 0 Å². The highest BCUT2D eigenvalue weighted by atomic mass is 79.9. The summed E-state index contributed by atoms with van der Waals surface area (Å²) in [4.78, 5) is 25.2. The van der Waals surface area contributed by atoms with Crippen LogP contribution in [-0.2, 0) is 4.79 Å². The zero-order valence-electron chi connectivity index (χ0n) is 10.9. The van der Waals surface area contributed by atoms with E-state index >= 15 is 0 Å². The molecule has 0 aromatic heterocycles. The van der Waals surface area contributed by atoms with Gasteiger partial charge in [-0.15, -0.1) is 0 Å². The van der Waals surface area contributed by atoms with E-state index in [9.17, 15) is 9.59 Å². The number of carbonyl (C=O) groups is 2. The molecule has 0 saturated carbocycles. The van der Waals surface area contributed by atoms with E-state index in [-0.39, 0.29) is 11.9 Å². The van der Waals surface area contributed by atoms with Crippen LogP contribution in [0.1, 0.15) is 29.6 Å². The highest BCUT2D eigenvalue weighted by Crippen LogP contribution is 2.29. The van der Waals surface area contributed by atoms with Gasteiger partial charge in [0, 0.05) is 29.3 Å². The molecular formula is C14H17BrN2O2. The van der Waals surface area contributed by atoms with E-state index in [1.54, 1.807) is 13.1 Å². The minimum absolute atomic E-state index is 0.0134. The summed E-state index contributed by atoms with van der Waals surface area (Å²) >= 11 is 3.36. The third-order valence-corrected chi connectivity index (χ3v) is 3.97. The van der Waals surface area contributed by atoms with Crippen molar-refractivity contribution in [2.45, 2.75) is 25.3 Å². The number of nitrogens with zero attached hydrogens (tertiary/aromatic N) is 1. The van der Waals surface area contributed by atoms with Gasteiger partial charge in [0.1, 0.15) is 6.04 Å². The fraction of sp³-hybridized carbons (Fsp3) is 0.429. The van der Waals surface area contributed by atoms with Crippen LogP contribution < -0.4 is 10.2 Å². The van der Waals surface area contributed by atoms with E-state index in [2.05, 4.69) is 21.2 Å². The van der Waals surface area contributed by atoms with E-state index < -0.39 is 0 Å². The maximum absolute atomic E-state index is 12.0. The molecule has 0 bridgehead atoms. The molecule has 1 aromatic rings. The Bertz CT molecular complexity index is 490. The summed E-state index contributed by atoms with van der Waals surface area (Å²) in [5, 5.41) is 2.71. The molecule has 1 unspecified atom stereocenters. The number of hydrogen-bond acceptors (Lipinski definition) is 3. The lowest BCUT2D eigenvalue weighted by Crippen LogP contribution is -2.49. The molecule has 1 amide bonds. The van der Waals surface area contributed by atoms with Gasteiger partial charge >= 0.3 is 0 Å². The van der Waals surface area contributed by atoms with E-state index in [1.165, 1.54) is 0 Å². The maximum Gasteiger partial charge on any atom is 0.242 e. The second kappa shape index (κ2) is 6.19. The summed E-state index contributed by atoms with van der Waals surface area (Å²) in [6.45, 7) is 0.806. The first kappa shape index (κ1) is 14.1. The van der Waals surface area contributed by atoms with Crippen LogP contribution in [0.15, 0.2) is 22.7 Å². The third kappa shape index (κ3) is 2.97. The quantitative estimate of drug-likeness (QED) is 0.868. The largest absolute Gasteiger partial charge is 0.359 e. The van der Waals surface area contributed by atoms with E-state index in [0.29, 0.717) is 5.56 Å². The van der Waals surface area contributed by atoms with Gasteiger partial charge in [-0.3, -0.25) is 9.59 Å². The topological polar surface area (TPSA) is 49.4 Å². The summed E-state index contributed by atoms with van der Waals surface area (Å²) in [5.74, 6) is 0.0134. The number of halogens is 1. The van der Waals surface area contributed by atoms with Crippen molar-refractivity contribution in [2.75, 3.05) is 18.5 Å². The van der Waals surface area contributed by atoms with Crippen LogP contribution in [0, 0.1) is 0 Å². The number of hydrogen-bond donors (Lipinski definition) is 1. The van der Waals surface area contributed by atoms with Gasteiger partial charge in [-0.1, -0.05) is 15.9 Å². The molecule has 4 nitrogen and oxygen atoms in total. The van der Waals surface area contributed by atoms with E-state index in [4.69, 9.17) is 0 Å². The van der Waals surface area contributed by atoms with Crippen molar-refractivity contribution in [2.24, 2.45) is 0 Å². The lowest BCUT2D eigenvalue weighted by atomic mass is 9.99. The van der Waals surface area contributed by atoms with Crippen LogP contribution in [0.5, 0.6) is 0 Å². The number of carbonyl (C=O) groups excluding carboxylic acids is 2. The number of likely N-dealkylation sites (N-methyl/N-ethyl adjacent to an activating group) is 1. The molecule has 1 heterocycles. The zero-order valence-corrected chi connectivity index (χ0v) is 12.4. The predicted molar refractivity (Wildman–Crippen MR) is 78.6 cm³/mol. The molecule has 1 atom stereocenters. The molecule has 0 spiro atoms. The minimum atomic E-state index is -0.182. The Morgan fingerprint density at radius 2 is 2.26 bits per heavy atom. The smallest absolute Gasteiger partial charge is 0.242 e. The standard InChI is InChI=1S/C14H17BrN2O2/c1-16-14(19)13-4-2-3-7-17(13)12-6-5-11(15)8-10(12)9-18/h5-6,8-9,13H,2-4,7H2,1H3,(H,16,19). The summed E-state index contributed by atoms with van der Waals surface area (Å²) in [6, 6.07) is 5.41. The van der Waals surface area contributed by atoms with Crippen molar-refractivity contribution in [3.63, 3.8) is 0 Å². The van der Waals surface area contributed by atoms with Crippen LogP contribution in [0.25, 0.3) is 0 Å².